The number of nitrogens with one attached hydrogen (secondary N) is 4. The van der Waals surface area contributed by atoms with Crippen molar-refractivity contribution in [3.05, 3.63) is 154 Å². The predicted molar refractivity (Wildman–Crippen MR) is 358 cm³/mol. The van der Waals surface area contributed by atoms with E-state index in [0.29, 0.717) is 58.8 Å². The summed E-state index contributed by atoms with van der Waals surface area (Å²) in [5, 5.41) is 25.0. The van der Waals surface area contributed by atoms with Crippen molar-refractivity contribution in [2.45, 2.75) is 142 Å². The maximum atomic E-state index is 14.7. The van der Waals surface area contributed by atoms with Crippen molar-refractivity contribution in [1.82, 2.24) is 45.0 Å². The van der Waals surface area contributed by atoms with Gasteiger partial charge in [-0.15, -0.1) is 11.3 Å². The van der Waals surface area contributed by atoms with Gasteiger partial charge in [0.2, 0.25) is 23.6 Å². The number of piperidine rings is 1. The summed E-state index contributed by atoms with van der Waals surface area (Å²) < 4.78 is 33.8. The van der Waals surface area contributed by atoms with E-state index < -0.39 is 75.1 Å². The van der Waals surface area contributed by atoms with Gasteiger partial charge in [0, 0.05) is 79.6 Å². The highest BCUT2D eigenvalue weighted by Gasteiger charge is 2.46. The molecule has 2 saturated heterocycles. The number of carbonyl (C=O) groups excluding carboxylic acids is 6. The monoisotopic (exact) mass is 1310 g/mol. The summed E-state index contributed by atoms with van der Waals surface area (Å²) in [6.45, 7) is 12.6. The van der Waals surface area contributed by atoms with Crippen LogP contribution in [0.3, 0.4) is 0 Å². The fraction of sp³-hybridized carbons (Fsp3) is 0.391. The van der Waals surface area contributed by atoms with Crippen LogP contribution in [-0.4, -0.2) is 116 Å². The van der Waals surface area contributed by atoms with Gasteiger partial charge in [-0.25, -0.2) is 28.1 Å². The first-order chi connectivity index (χ1) is 44.6. The lowest BCUT2D eigenvalue weighted by Crippen LogP contribution is -2.59. The molecule has 0 spiro atoms. The minimum atomic E-state index is -4.56. The van der Waals surface area contributed by atoms with Gasteiger partial charge in [-0.2, -0.15) is 5.10 Å². The number of pyridine rings is 1. The number of β-amino-alcohol motifs (C(OH)–C–C–N with tert-alkyl or cyclic N) is 1. The summed E-state index contributed by atoms with van der Waals surface area (Å²) in [6, 6.07) is 27.7. The van der Waals surface area contributed by atoms with Gasteiger partial charge in [0.15, 0.2) is 5.13 Å². The van der Waals surface area contributed by atoms with Crippen LogP contribution in [0, 0.1) is 31.1 Å². The van der Waals surface area contributed by atoms with Crippen LogP contribution in [0.15, 0.2) is 120 Å². The topological polar surface area (TPSA) is 271 Å². The zero-order valence-electron chi connectivity index (χ0n) is 52.8. The molecular weight excluding hydrogens is 1240 g/mol. The van der Waals surface area contributed by atoms with Crippen LogP contribution < -0.4 is 30.5 Å². The summed E-state index contributed by atoms with van der Waals surface area (Å²) in [7, 11) is -4.56. The fourth-order valence-corrected chi connectivity index (χ4v) is 15.9. The minimum absolute atomic E-state index is 0.0175. The van der Waals surface area contributed by atoms with E-state index in [1.165, 1.54) is 51.8 Å². The molecule has 12 rings (SSSR count). The van der Waals surface area contributed by atoms with E-state index in [4.69, 9.17) is 10.1 Å². The van der Waals surface area contributed by atoms with Gasteiger partial charge in [-0.05, 0) is 135 Å². The van der Waals surface area contributed by atoms with E-state index in [1.807, 2.05) is 91.0 Å². The first-order valence-corrected chi connectivity index (χ1v) is 34.9. The van der Waals surface area contributed by atoms with Crippen LogP contribution in [-0.2, 0) is 48.7 Å². The lowest BCUT2D eigenvalue weighted by Gasteiger charge is -2.37. The van der Waals surface area contributed by atoms with Gasteiger partial charge in [0.05, 0.1) is 49.5 Å². The maximum Gasteiger partial charge on any atom is 0.284 e. The number of benzene rings is 4. The van der Waals surface area contributed by atoms with Gasteiger partial charge >= 0.3 is 0 Å². The molecular formula is C69H76N12O9S3. The quantitative estimate of drug-likeness (QED) is 0.0568. The number of hydrogen-bond donors (Lipinski definition) is 5. The molecule has 1 aliphatic carbocycles. The van der Waals surface area contributed by atoms with Crippen molar-refractivity contribution in [1.29, 1.82) is 0 Å². The molecule has 3 fully saturated rings. The normalized spacial score (nSPS) is 18.6. The van der Waals surface area contributed by atoms with Crippen LogP contribution in [0.1, 0.15) is 134 Å². The smallest absolute Gasteiger partial charge is 0.284 e. The number of nitrogens with zero attached hydrogens (tertiary/aromatic N) is 8. The Balaban J connectivity index is 0.712. The Morgan fingerprint density at radius 3 is 2.30 bits per heavy atom. The number of amides is 6. The van der Waals surface area contributed by atoms with Crippen LogP contribution in [0.25, 0.3) is 31.8 Å². The molecule has 3 aliphatic heterocycles. The predicted octanol–water partition coefficient (Wildman–Crippen LogP) is 9.92. The Hall–Kier alpha value is -8.71. The molecule has 24 heteroatoms. The molecule has 5 atom stereocenters. The van der Waals surface area contributed by atoms with Gasteiger partial charge in [0.25, 0.3) is 21.8 Å². The third-order valence-electron chi connectivity index (χ3n) is 18.5. The van der Waals surface area contributed by atoms with E-state index in [2.05, 4.69) is 30.6 Å². The highest BCUT2D eigenvalue weighted by atomic mass is 32.2. The number of sulfonamides is 1. The highest BCUT2D eigenvalue weighted by Crippen LogP contribution is 2.36. The number of thiazole rings is 2. The molecule has 4 aromatic heterocycles. The van der Waals surface area contributed by atoms with Crippen molar-refractivity contribution in [2.24, 2.45) is 17.3 Å². The summed E-state index contributed by atoms with van der Waals surface area (Å²) in [6.07, 6.45) is 7.07. The van der Waals surface area contributed by atoms with Crippen molar-refractivity contribution < 1.29 is 42.3 Å². The first-order valence-electron chi connectivity index (χ1n) is 31.7. The molecule has 0 radical (unpaired) electrons. The molecule has 5 N–H and O–H groups in total. The van der Waals surface area contributed by atoms with Gasteiger partial charge in [-0.1, -0.05) is 99.9 Å². The summed E-state index contributed by atoms with van der Waals surface area (Å²) in [4.78, 5) is 105. The standard InChI is InChI=1S/C69H76N12O9S3/c1-40(44-19-21-46(22-20-44)61-41(2)70-39-91-61)72-65(86)56-34-49(82)37-80(56)67(88)62(69(4,5)6)75-63(84)47-30-32-79(59(83)33-47)48-23-25-50(26-24-48)93(89,90)77-66(87)60-51(53-35-71-81(42(53)3)36-43-13-8-7-9-14-43)27-28-58(74-60)78-31-29-45-15-12-16-52(54(45)38-78)64(85)76-68-73-55-17-10-11-18-57(55)92-68/h10-12,15-28,35,39-40,43,47,49,56,62,82H,7-9,13-14,29-34,36-38H2,1-6H3,(H,72,86)(H,75,84)(H,77,87)(H,73,76,85)/t40-,47?,49+,56-,62+/m0/s1. The number of aliphatic hydroxyl groups excluding tert-OH is 1. The average Bonchev–Trinajstić information content (AvgIpc) is 1.85. The van der Waals surface area contributed by atoms with E-state index >= 15 is 0 Å². The van der Waals surface area contributed by atoms with Crippen LogP contribution in [0.5, 0.6) is 0 Å². The van der Waals surface area contributed by atoms with Crippen molar-refractivity contribution in [3.63, 3.8) is 0 Å². The highest BCUT2D eigenvalue weighted by molar-refractivity contribution is 7.90. The summed E-state index contributed by atoms with van der Waals surface area (Å²) in [5.41, 5.74) is 8.89. The molecule has 484 valence electrons. The number of rotatable bonds is 17. The number of hydrogen-bond acceptors (Lipinski definition) is 16. The lowest BCUT2D eigenvalue weighted by atomic mass is 9.84. The molecule has 1 saturated carbocycles. The number of anilines is 3. The second-order valence-electron chi connectivity index (χ2n) is 25.9. The van der Waals surface area contributed by atoms with Gasteiger partial charge in [0.1, 0.15) is 23.6 Å². The maximum absolute atomic E-state index is 14.7. The number of aliphatic hydroxyl groups is 1. The fourth-order valence-electron chi connectivity index (χ4n) is 13.2. The second-order valence-corrected chi connectivity index (χ2v) is 29.5. The first kappa shape index (κ1) is 64.4. The van der Waals surface area contributed by atoms with Gasteiger partial charge < -0.3 is 30.4 Å². The zero-order valence-corrected chi connectivity index (χ0v) is 55.3. The van der Waals surface area contributed by atoms with Crippen LogP contribution in [0.2, 0.25) is 0 Å². The molecule has 7 heterocycles. The Morgan fingerprint density at radius 1 is 0.817 bits per heavy atom. The Morgan fingerprint density at radius 2 is 1.58 bits per heavy atom. The number of aryl methyl sites for hydroxylation is 1. The third-order valence-corrected chi connectivity index (χ3v) is 21.8. The molecule has 21 nitrogen and oxygen atoms in total. The largest absolute Gasteiger partial charge is 0.391 e. The van der Waals surface area contributed by atoms with Gasteiger partial charge in [-0.3, -0.25) is 38.8 Å². The second kappa shape index (κ2) is 26.7. The Labute approximate surface area is 548 Å². The molecule has 4 aromatic carbocycles. The number of likely N-dealkylation sites (tertiary alicyclic amines) is 1. The van der Waals surface area contributed by atoms with E-state index in [9.17, 15) is 42.3 Å². The van der Waals surface area contributed by atoms with Crippen molar-refractivity contribution in [2.75, 3.05) is 34.8 Å². The number of para-hydroxylation sites is 1. The van der Waals surface area contributed by atoms with E-state index in [1.54, 1.807) is 62.0 Å². The van der Waals surface area contributed by atoms with Crippen molar-refractivity contribution >= 4 is 95.0 Å². The molecule has 1 unspecified atom stereocenters. The zero-order chi connectivity index (χ0) is 65.5. The Kier molecular flexibility index (Phi) is 18.5. The SMILES string of the molecule is Cc1ncsc1-c1ccc([C@H](C)NC(=O)[C@@H]2C[C@@H](O)CN2C(=O)[C@@H](NC(=O)C2CCN(c3ccc(S(=O)(=O)NC(=O)c4nc(N5CCc6cccc(C(=O)Nc7nc8ccccc8s7)c6C5)ccc4-c4cnn(CC5CCCCC5)c4C)cc3)C(=O)C2)C(C)(C)C)cc1. The number of fused-ring (bicyclic) bond motifs is 2. The van der Waals surface area contributed by atoms with Crippen LogP contribution in [0.4, 0.5) is 16.6 Å². The van der Waals surface area contributed by atoms with Crippen LogP contribution >= 0.6 is 22.7 Å². The third kappa shape index (κ3) is 13.9. The summed E-state index contributed by atoms with van der Waals surface area (Å²) >= 11 is 2.94. The lowest BCUT2D eigenvalue weighted by molar-refractivity contribution is -0.145. The molecule has 93 heavy (non-hydrogen) atoms. The molecule has 8 aromatic rings. The van der Waals surface area contributed by atoms with Crippen molar-refractivity contribution in [3.8, 4) is 21.6 Å². The van der Waals surface area contributed by atoms with E-state index in [-0.39, 0.29) is 55.4 Å². The van der Waals surface area contributed by atoms with E-state index in [0.717, 1.165) is 74.4 Å². The minimum Gasteiger partial charge on any atom is -0.391 e. The number of aromatic nitrogens is 5. The molecule has 0 bridgehead atoms. The molecule has 6 amide bonds. The Bertz CT molecular complexity index is 4250. The number of carbonyl (C=O) groups is 6. The average molecular weight is 1310 g/mol. The molecule has 4 aliphatic rings. The summed E-state index contributed by atoms with van der Waals surface area (Å²) in [5.74, 6) is -3.09.